The van der Waals surface area contributed by atoms with Gasteiger partial charge in [-0.05, 0) is 25.0 Å². The number of nitrogens with one attached hydrogen (secondary N) is 1. The summed E-state index contributed by atoms with van der Waals surface area (Å²) in [6, 6.07) is 3.16. The van der Waals surface area contributed by atoms with Crippen molar-refractivity contribution in [1.29, 1.82) is 0 Å². The molecule has 4 nitrogen and oxygen atoms in total. The van der Waals surface area contributed by atoms with E-state index in [-0.39, 0.29) is 5.91 Å². The van der Waals surface area contributed by atoms with E-state index in [9.17, 15) is 4.79 Å². The Morgan fingerprint density at radius 3 is 3.06 bits per heavy atom. The number of pyridine rings is 1. The molecule has 2 heterocycles. The lowest BCUT2D eigenvalue weighted by Gasteiger charge is -2.01. The largest absolute Gasteiger partial charge is 0.298 e. The molecule has 1 fully saturated rings. The zero-order valence-corrected chi connectivity index (χ0v) is 11.0. The molecule has 0 aromatic carbocycles. The summed E-state index contributed by atoms with van der Waals surface area (Å²) in [4.78, 5) is 20.2. The Kier molecular flexibility index (Phi) is 3.01. The van der Waals surface area contributed by atoms with E-state index in [1.807, 2.05) is 5.38 Å². The quantitative estimate of drug-likeness (QED) is 0.877. The lowest BCUT2D eigenvalue weighted by atomic mass is 10.2. The van der Waals surface area contributed by atoms with E-state index in [1.54, 1.807) is 6.07 Å². The molecule has 0 radical (unpaired) electrons. The highest BCUT2D eigenvalue weighted by molar-refractivity contribution is 7.14. The van der Waals surface area contributed by atoms with Gasteiger partial charge in [-0.2, -0.15) is 0 Å². The van der Waals surface area contributed by atoms with Crippen LogP contribution in [0, 0.1) is 0 Å². The molecule has 3 rings (SSSR count). The number of rotatable bonds is 3. The van der Waals surface area contributed by atoms with Crippen molar-refractivity contribution in [2.24, 2.45) is 0 Å². The van der Waals surface area contributed by atoms with Gasteiger partial charge in [0.05, 0.1) is 5.69 Å². The fourth-order valence-electron chi connectivity index (χ4n) is 1.62. The third kappa shape index (κ3) is 2.52. The predicted octanol–water partition coefficient (Wildman–Crippen LogP) is 3.32. The van der Waals surface area contributed by atoms with Gasteiger partial charge in [-0.1, -0.05) is 11.6 Å². The van der Waals surface area contributed by atoms with Crippen LogP contribution in [0.3, 0.4) is 0 Å². The Hall–Kier alpha value is -1.46. The fraction of sp³-hybridized carbons (Fsp3) is 0.250. The molecule has 6 heteroatoms. The van der Waals surface area contributed by atoms with Crippen molar-refractivity contribution in [2.45, 2.75) is 18.8 Å². The second kappa shape index (κ2) is 4.66. The number of thiazole rings is 1. The van der Waals surface area contributed by atoms with Crippen molar-refractivity contribution in [2.75, 3.05) is 5.32 Å². The molecule has 2 aromatic heterocycles. The molecule has 1 amide bonds. The lowest BCUT2D eigenvalue weighted by molar-refractivity contribution is 0.102. The molecule has 0 aliphatic heterocycles. The van der Waals surface area contributed by atoms with Crippen LogP contribution in [-0.2, 0) is 0 Å². The first-order valence-electron chi connectivity index (χ1n) is 5.61. The highest BCUT2D eigenvalue weighted by atomic mass is 35.5. The first-order valence-corrected chi connectivity index (χ1v) is 6.86. The molecule has 1 saturated carbocycles. The predicted molar refractivity (Wildman–Crippen MR) is 71.3 cm³/mol. The molecule has 18 heavy (non-hydrogen) atoms. The van der Waals surface area contributed by atoms with Gasteiger partial charge < -0.3 is 0 Å². The minimum atomic E-state index is -0.212. The van der Waals surface area contributed by atoms with Gasteiger partial charge in [0.1, 0.15) is 5.15 Å². The lowest BCUT2D eigenvalue weighted by Crippen LogP contribution is -2.11. The Morgan fingerprint density at radius 1 is 1.50 bits per heavy atom. The molecule has 2 aromatic rings. The Balaban J connectivity index is 1.73. The molecule has 1 aliphatic rings. The number of hydrogen-bond acceptors (Lipinski definition) is 4. The zero-order chi connectivity index (χ0) is 12.5. The molecule has 0 spiro atoms. The number of amides is 1. The maximum Gasteiger partial charge on any atom is 0.257 e. The van der Waals surface area contributed by atoms with Crippen LogP contribution in [0.5, 0.6) is 0 Å². The Labute approximate surface area is 113 Å². The number of halogens is 1. The van der Waals surface area contributed by atoms with Crippen LogP contribution in [0.25, 0.3) is 0 Å². The van der Waals surface area contributed by atoms with E-state index in [0.717, 1.165) is 5.69 Å². The zero-order valence-electron chi connectivity index (χ0n) is 9.39. The fourth-order valence-corrected chi connectivity index (χ4v) is 2.58. The van der Waals surface area contributed by atoms with Crippen LogP contribution in [0.1, 0.15) is 34.8 Å². The summed E-state index contributed by atoms with van der Waals surface area (Å²) >= 11 is 7.20. The molecule has 1 aliphatic carbocycles. The second-order valence-electron chi connectivity index (χ2n) is 4.17. The molecule has 0 unspecified atom stereocenters. The topological polar surface area (TPSA) is 54.9 Å². The summed E-state index contributed by atoms with van der Waals surface area (Å²) < 4.78 is 0. The van der Waals surface area contributed by atoms with Gasteiger partial charge in [-0.15, -0.1) is 11.3 Å². The molecule has 1 N–H and O–H groups in total. The van der Waals surface area contributed by atoms with E-state index in [2.05, 4.69) is 15.3 Å². The minimum Gasteiger partial charge on any atom is -0.298 e. The molecule has 92 valence electrons. The van der Waals surface area contributed by atoms with Gasteiger partial charge >= 0.3 is 0 Å². The van der Waals surface area contributed by atoms with Crippen molar-refractivity contribution >= 4 is 34.0 Å². The summed E-state index contributed by atoms with van der Waals surface area (Å²) in [5.41, 5.74) is 1.57. The second-order valence-corrected chi connectivity index (χ2v) is 5.42. The summed E-state index contributed by atoms with van der Waals surface area (Å²) in [5, 5.41) is 5.72. The average Bonchev–Trinajstić information content (AvgIpc) is 3.11. The van der Waals surface area contributed by atoms with Crippen LogP contribution in [0.15, 0.2) is 23.7 Å². The first-order chi connectivity index (χ1) is 8.72. The minimum absolute atomic E-state index is 0.212. The van der Waals surface area contributed by atoms with Gasteiger partial charge in [0.15, 0.2) is 5.13 Å². The normalized spacial score (nSPS) is 14.5. The number of aromatic nitrogens is 2. The van der Waals surface area contributed by atoms with Crippen LogP contribution in [0.2, 0.25) is 5.15 Å². The van der Waals surface area contributed by atoms with Crippen molar-refractivity contribution in [3.05, 3.63) is 40.1 Å². The highest BCUT2D eigenvalue weighted by Crippen LogP contribution is 2.40. The van der Waals surface area contributed by atoms with E-state index < -0.39 is 0 Å². The van der Waals surface area contributed by atoms with Crippen LogP contribution in [0.4, 0.5) is 5.13 Å². The standard InChI is InChI=1S/C12H10ClN3OS/c13-10-5-8(3-4-14-10)11(17)16-12-15-9(6-18-12)7-1-2-7/h3-7H,1-2H2,(H,15,16,17). The first kappa shape index (κ1) is 11.6. The summed E-state index contributed by atoms with van der Waals surface area (Å²) in [6.45, 7) is 0. The Morgan fingerprint density at radius 2 is 2.33 bits per heavy atom. The molecular formula is C12H10ClN3OS. The third-order valence-corrected chi connectivity index (χ3v) is 3.71. The van der Waals surface area contributed by atoms with Gasteiger partial charge in [0.2, 0.25) is 0 Å². The van der Waals surface area contributed by atoms with E-state index >= 15 is 0 Å². The maximum atomic E-state index is 11.9. The van der Waals surface area contributed by atoms with E-state index in [1.165, 1.54) is 36.4 Å². The number of nitrogens with zero attached hydrogens (tertiary/aromatic N) is 2. The maximum absolute atomic E-state index is 11.9. The smallest absolute Gasteiger partial charge is 0.257 e. The van der Waals surface area contributed by atoms with Crippen molar-refractivity contribution in [3.8, 4) is 0 Å². The summed E-state index contributed by atoms with van der Waals surface area (Å²) in [7, 11) is 0. The Bertz CT molecular complexity index is 595. The van der Waals surface area contributed by atoms with Crippen LogP contribution >= 0.6 is 22.9 Å². The average molecular weight is 280 g/mol. The van der Waals surface area contributed by atoms with E-state index in [4.69, 9.17) is 11.6 Å². The van der Waals surface area contributed by atoms with Gasteiger partial charge in [-0.3, -0.25) is 10.1 Å². The molecule has 0 bridgehead atoms. The van der Waals surface area contributed by atoms with E-state index in [0.29, 0.717) is 21.8 Å². The van der Waals surface area contributed by atoms with Crippen molar-refractivity contribution in [1.82, 2.24) is 9.97 Å². The van der Waals surface area contributed by atoms with Crippen molar-refractivity contribution in [3.63, 3.8) is 0 Å². The number of anilines is 1. The summed E-state index contributed by atoms with van der Waals surface area (Å²) in [5.74, 6) is 0.387. The van der Waals surface area contributed by atoms with Gasteiger partial charge in [0.25, 0.3) is 5.91 Å². The van der Waals surface area contributed by atoms with Crippen molar-refractivity contribution < 1.29 is 4.79 Å². The monoisotopic (exact) mass is 279 g/mol. The summed E-state index contributed by atoms with van der Waals surface area (Å²) in [6.07, 6.45) is 3.92. The third-order valence-electron chi connectivity index (χ3n) is 2.73. The number of carbonyl (C=O) groups is 1. The molecular weight excluding hydrogens is 270 g/mol. The van der Waals surface area contributed by atoms with Crippen LogP contribution in [-0.4, -0.2) is 15.9 Å². The van der Waals surface area contributed by atoms with Gasteiger partial charge in [-0.25, -0.2) is 9.97 Å². The SMILES string of the molecule is O=C(Nc1nc(C2CC2)cs1)c1ccnc(Cl)c1. The number of hydrogen-bond donors (Lipinski definition) is 1. The molecule has 0 saturated heterocycles. The highest BCUT2D eigenvalue weighted by Gasteiger charge is 2.26. The van der Waals surface area contributed by atoms with Gasteiger partial charge in [0, 0.05) is 23.1 Å². The van der Waals surface area contributed by atoms with Crippen LogP contribution < -0.4 is 5.32 Å². The number of carbonyl (C=O) groups excluding carboxylic acids is 1. The molecule has 0 atom stereocenters.